The van der Waals surface area contributed by atoms with E-state index < -0.39 is 0 Å². The van der Waals surface area contributed by atoms with Gasteiger partial charge in [-0.3, -0.25) is 4.79 Å². The molecule has 2 aliphatic heterocycles. The van der Waals surface area contributed by atoms with Gasteiger partial charge in [-0.25, -0.2) is 0 Å². The van der Waals surface area contributed by atoms with Crippen molar-refractivity contribution in [1.82, 2.24) is 10.2 Å². The lowest BCUT2D eigenvalue weighted by molar-refractivity contribution is -0.141. The van der Waals surface area contributed by atoms with Gasteiger partial charge in [0.25, 0.3) is 0 Å². The summed E-state index contributed by atoms with van der Waals surface area (Å²) < 4.78 is 10.7. The molecule has 1 aromatic rings. The zero-order chi connectivity index (χ0) is 14.9. The molecule has 1 atom stereocenters. The molecule has 0 saturated carbocycles. The highest BCUT2D eigenvalue weighted by molar-refractivity contribution is 5.82. The molecule has 1 aromatic carbocycles. The number of rotatable bonds is 3. The molecule has 1 unspecified atom stereocenters. The molecular formula is C16H22N2O3. The molecule has 5 nitrogen and oxygen atoms in total. The third kappa shape index (κ3) is 2.83. The molecular weight excluding hydrogens is 268 g/mol. The van der Waals surface area contributed by atoms with Crippen LogP contribution in [0.5, 0.6) is 11.5 Å². The minimum Gasteiger partial charge on any atom is -0.454 e. The lowest BCUT2D eigenvalue weighted by Crippen LogP contribution is -2.48. The van der Waals surface area contributed by atoms with Gasteiger partial charge in [-0.2, -0.15) is 0 Å². The van der Waals surface area contributed by atoms with Crippen LogP contribution in [0.15, 0.2) is 18.2 Å². The maximum absolute atomic E-state index is 12.7. The summed E-state index contributed by atoms with van der Waals surface area (Å²) >= 11 is 0. The second-order valence-electron chi connectivity index (χ2n) is 6.19. The highest BCUT2D eigenvalue weighted by Crippen LogP contribution is 2.33. The molecule has 0 radical (unpaired) electrons. The van der Waals surface area contributed by atoms with E-state index in [1.165, 1.54) is 0 Å². The Balaban J connectivity index is 1.68. The van der Waals surface area contributed by atoms with Gasteiger partial charge >= 0.3 is 0 Å². The average Bonchev–Trinajstić information content (AvgIpc) is 2.94. The van der Waals surface area contributed by atoms with Gasteiger partial charge < -0.3 is 19.7 Å². The normalized spacial score (nSPS) is 23.9. The molecule has 5 heteroatoms. The molecule has 1 fully saturated rings. The Morgan fingerprint density at radius 1 is 1.38 bits per heavy atom. The van der Waals surface area contributed by atoms with E-state index in [2.05, 4.69) is 12.2 Å². The van der Waals surface area contributed by atoms with Crippen LogP contribution >= 0.6 is 0 Å². The van der Waals surface area contributed by atoms with Gasteiger partial charge in [-0.05, 0) is 44.0 Å². The quantitative estimate of drug-likeness (QED) is 0.921. The Morgan fingerprint density at radius 3 is 2.95 bits per heavy atom. The van der Waals surface area contributed by atoms with Crippen molar-refractivity contribution in [1.29, 1.82) is 0 Å². The van der Waals surface area contributed by atoms with Crippen LogP contribution in [0.4, 0.5) is 0 Å². The van der Waals surface area contributed by atoms with Crippen molar-refractivity contribution < 1.29 is 14.3 Å². The molecule has 0 bridgehead atoms. The van der Waals surface area contributed by atoms with Crippen molar-refractivity contribution in [2.24, 2.45) is 5.41 Å². The maximum atomic E-state index is 12.7. The summed E-state index contributed by atoms with van der Waals surface area (Å²) in [5, 5.41) is 3.32. The smallest absolute Gasteiger partial charge is 0.231 e. The van der Waals surface area contributed by atoms with Gasteiger partial charge in [0.15, 0.2) is 11.5 Å². The van der Waals surface area contributed by atoms with E-state index in [1.54, 1.807) is 0 Å². The fourth-order valence-electron chi connectivity index (χ4n) is 3.08. The monoisotopic (exact) mass is 290 g/mol. The van der Waals surface area contributed by atoms with Gasteiger partial charge in [-0.1, -0.05) is 6.07 Å². The maximum Gasteiger partial charge on any atom is 0.231 e. The zero-order valence-corrected chi connectivity index (χ0v) is 12.6. The number of benzene rings is 1. The van der Waals surface area contributed by atoms with Crippen LogP contribution in [-0.2, 0) is 11.3 Å². The Kier molecular flexibility index (Phi) is 3.76. The summed E-state index contributed by atoms with van der Waals surface area (Å²) in [5.74, 6) is 1.74. The van der Waals surface area contributed by atoms with E-state index in [9.17, 15) is 4.79 Å². The molecule has 1 amide bonds. The number of hydrogen-bond acceptors (Lipinski definition) is 4. The molecule has 2 aliphatic rings. The predicted molar refractivity (Wildman–Crippen MR) is 79.2 cm³/mol. The molecule has 2 heterocycles. The Hall–Kier alpha value is -1.75. The third-order valence-electron chi connectivity index (χ3n) is 4.32. The van der Waals surface area contributed by atoms with Crippen LogP contribution < -0.4 is 14.8 Å². The van der Waals surface area contributed by atoms with E-state index >= 15 is 0 Å². The zero-order valence-electron chi connectivity index (χ0n) is 12.6. The topological polar surface area (TPSA) is 50.8 Å². The molecule has 3 rings (SSSR count). The number of fused-ring (bicyclic) bond motifs is 1. The number of ether oxygens (including phenoxy) is 2. The summed E-state index contributed by atoms with van der Waals surface area (Å²) in [6.45, 7) is 4.69. The van der Waals surface area contributed by atoms with Crippen LogP contribution in [-0.4, -0.2) is 37.7 Å². The molecule has 0 aliphatic carbocycles. The minimum absolute atomic E-state index is 0.201. The molecule has 114 valence electrons. The SMILES string of the molecule is CN(Cc1ccc2c(c1)OCO2)C(=O)C1(C)CCCNC1. The summed E-state index contributed by atoms with van der Waals surface area (Å²) in [6, 6.07) is 5.84. The van der Waals surface area contributed by atoms with Gasteiger partial charge in [0.2, 0.25) is 12.7 Å². The second kappa shape index (κ2) is 5.56. The Morgan fingerprint density at radius 2 is 2.19 bits per heavy atom. The van der Waals surface area contributed by atoms with Crippen LogP contribution in [0.1, 0.15) is 25.3 Å². The van der Waals surface area contributed by atoms with Gasteiger partial charge in [-0.15, -0.1) is 0 Å². The van der Waals surface area contributed by atoms with Gasteiger partial charge in [0.1, 0.15) is 0 Å². The number of piperidine rings is 1. The van der Waals surface area contributed by atoms with Crippen molar-refractivity contribution >= 4 is 5.91 Å². The van der Waals surface area contributed by atoms with Crippen molar-refractivity contribution in [3.05, 3.63) is 23.8 Å². The summed E-state index contributed by atoms with van der Waals surface area (Å²) in [4.78, 5) is 14.5. The van der Waals surface area contributed by atoms with Crippen molar-refractivity contribution in [3.8, 4) is 11.5 Å². The van der Waals surface area contributed by atoms with E-state index in [0.717, 1.165) is 43.0 Å². The van der Waals surface area contributed by atoms with E-state index in [4.69, 9.17) is 9.47 Å². The van der Waals surface area contributed by atoms with Crippen molar-refractivity contribution in [2.75, 3.05) is 26.9 Å². The van der Waals surface area contributed by atoms with Crippen LogP contribution in [0.25, 0.3) is 0 Å². The van der Waals surface area contributed by atoms with Crippen molar-refractivity contribution in [2.45, 2.75) is 26.3 Å². The predicted octanol–water partition coefficient (Wildman–Crippen LogP) is 1.76. The molecule has 21 heavy (non-hydrogen) atoms. The first-order chi connectivity index (χ1) is 10.1. The first-order valence-corrected chi connectivity index (χ1v) is 7.43. The van der Waals surface area contributed by atoms with Crippen molar-refractivity contribution in [3.63, 3.8) is 0 Å². The van der Waals surface area contributed by atoms with Crippen LogP contribution in [0.3, 0.4) is 0 Å². The summed E-state index contributed by atoms with van der Waals surface area (Å²) in [6.07, 6.45) is 2.00. The van der Waals surface area contributed by atoms with Crippen LogP contribution in [0.2, 0.25) is 0 Å². The Labute approximate surface area is 125 Å². The van der Waals surface area contributed by atoms with Gasteiger partial charge in [0, 0.05) is 20.1 Å². The number of hydrogen-bond donors (Lipinski definition) is 1. The molecule has 0 aromatic heterocycles. The number of nitrogens with zero attached hydrogens (tertiary/aromatic N) is 1. The highest BCUT2D eigenvalue weighted by atomic mass is 16.7. The largest absolute Gasteiger partial charge is 0.454 e. The fraction of sp³-hybridized carbons (Fsp3) is 0.562. The fourth-order valence-corrected chi connectivity index (χ4v) is 3.08. The highest BCUT2D eigenvalue weighted by Gasteiger charge is 2.36. The first kappa shape index (κ1) is 14.2. The van der Waals surface area contributed by atoms with Crippen LogP contribution in [0, 0.1) is 5.41 Å². The van der Waals surface area contributed by atoms with E-state index in [0.29, 0.717) is 6.54 Å². The van der Waals surface area contributed by atoms with E-state index in [1.807, 2.05) is 30.1 Å². The summed E-state index contributed by atoms with van der Waals surface area (Å²) in [7, 11) is 1.87. The molecule has 0 spiro atoms. The third-order valence-corrected chi connectivity index (χ3v) is 4.32. The van der Waals surface area contributed by atoms with E-state index in [-0.39, 0.29) is 18.1 Å². The number of amides is 1. The lowest BCUT2D eigenvalue weighted by atomic mass is 9.81. The second-order valence-corrected chi connectivity index (χ2v) is 6.19. The number of nitrogens with one attached hydrogen (secondary N) is 1. The Bertz CT molecular complexity index is 538. The standard InChI is InChI=1S/C16H22N2O3/c1-16(6-3-7-17-10-16)15(19)18(2)9-12-4-5-13-14(8-12)21-11-20-13/h4-5,8,17H,3,6-7,9-11H2,1-2H3. The minimum atomic E-state index is -0.288. The number of carbonyl (C=O) groups excluding carboxylic acids is 1. The number of carbonyl (C=O) groups is 1. The lowest BCUT2D eigenvalue weighted by Gasteiger charge is -2.36. The van der Waals surface area contributed by atoms with Gasteiger partial charge in [0.05, 0.1) is 5.41 Å². The first-order valence-electron chi connectivity index (χ1n) is 7.43. The summed E-state index contributed by atoms with van der Waals surface area (Å²) in [5.41, 5.74) is 0.769. The average molecular weight is 290 g/mol. The molecule has 1 N–H and O–H groups in total. The molecule has 1 saturated heterocycles.